The molecule has 0 aliphatic rings. The van der Waals surface area contributed by atoms with Crippen LogP contribution in [-0.4, -0.2) is 17.6 Å². The van der Waals surface area contributed by atoms with Crippen molar-refractivity contribution in [2.75, 3.05) is 0 Å². The van der Waals surface area contributed by atoms with Crippen molar-refractivity contribution in [3.63, 3.8) is 0 Å². The van der Waals surface area contributed by atoms with Gasteiger partial charge in [-0.05, 0) is 6.92 Å². The van der Waals surface area contributed by atoms with E-state index in [2.05, 4.69) is 11.5 Å². The lowest BCUT2D eigenvalue weighted by atomic mass is 10.0. The van der Waals surface area contributed by atoms with Crippen molar-refractivity contribution >= 4 is 5.91 Å². The first-order valence-electron chi connectivity index (χ1n) is 2.35. The summed E-state index contributed by atoms with van der Waals surface area (Å²) in [6.07, 6.45) is -4.78. The fourth-order valence-electron chi connectivity index (χ4n) is 0.140. The van der Waals surface area contributed by atoms with Crippen molar-refractivity contribution in [2.45, 2.75) is 18.6 Å². The molecule has 0 spiro atoms. The Hall–Kier alpha value is -0.780. The highest BCUT2D eigenvalue weighted by molar-refractivity contribution is 5.84. The quantitative estimate of drug-likeness (QED) is 0.549. The van der Waals surface area contributed by atoms with E-state index in [0.29, 0.717) is 6.92 Å². The van der Waals surface area contributed by atoms with Crippen LogP contribution in [0, 0.1) is 0 Å². The average Bonchev–Trinajstić information content (AvgIpc) is 1.62. The topological polar surface area (TPSA) is 69.1 Å². The Morgan fingerprint density at radius 2 is 1.70 bits per heavy atom. The first-order valence-corrected chi connectivity index (χ1v) is 2.35. The third-order valence-corrected chi connectivity index (χ3v) is 1.10. The molecule has 4 N–H and O–H groups in total. The lowest BCUT2D eigenvalue weighted by molar-refractivity contribution is -0.185. The Labute approximate surface area is 55.2 Å². The maximum atomic E-state index is 11.7. The maximum absolute atomic E-state index is 11.7. The largest absolute Gasteiger partial charge is 0.415 e. The Morgan fingerprint density at radius 1 is 1.40 bits per heavy atom. The first-order chi connectivity index (χ1) is 4.19. The van der Waals surface area contributed by atoms with E-state index < -0.39 is 17.6 Å². The van der Waals surface area contributed by atoms with Gasteiger partial charge in [0.2, 0.25) is 5.91 Å². The molecule has 0 aromatic rings. The Kier molecular flexibility index (Phi) is 1.95. The molecule has 3 nitrogen and oxygen atoms in total. The second-order valence-electron chi connectivity index (χ2n) is 2.06. The Bertz CT molecular complexity index is 151. The summed E-state index contributed by atoms with van der Waals surface area (Å²) in [5.74, 6) is -1.58. The van der Waals surface area contributed by atoms with Crippen molar-refractivity contribution in [1.29, 1.82) is 0 Å². The van der Waals surface area contributed by atoms with Crippen molar-refractivity contribution in [3.05, 3.63) is 0 Å². The second-order valence-corrected chi connectivity index (χ2v) is 2.06. The van der Waals surface area contributed by atoms with Gasteiger partial charge in [-0.1, -0.05) is 0 Å². The monoisotopic (exact) mass is 156 g/mol. The molecule has 0 aromatic carbocycles. The fraction of sp³-hybridized carbons (Fsp3) is 0.750. The highest BCUT2D eigenvalue weighted by Crippen LogP contribution is 2.27. The van der Waals surface area contributed by atoms with Gasteiger partial charge < -0.3 is 11.5 Å². The van der Waals surface area contributed by atoms with Crippen LogP contribution in [0.3, 0.4) is 0 Å². The molecule has 10 heavy (non-hydrogen) atoms. The predicted molar refractivity (Wildman–Crippen MR) is 27.8 cm³/mol. The molecule has 6 heteroatoms. The summed E-state index contributed by atoms with van der Waals surface area (Å²) in [6, 6.07) is 0. The van der Waals surface area contributed by atoms with Crippen LogP contribution < -0.4 is 11.5 Å². The van der Waals surface area contributed by atoms with Crippen molar-refractivity contribution in [1.82, 2.24) is 0 Å². The number of carbonyl (C=O) groups is 1. The summed E-state index contributed by atoms with van der Waals surface area (Å²) < 4.78 is 35.0. The molecule has 0 bridgehead atoms. The summed E-state index contributed by atoms with van der Waals surface area (Å²) in [5, 5.41) is 0. The third-order valence-electron chi connectivity index (χ3n) is 1.10. The number of carbonyl (C=O) groups excluding carboxylic acids is 1. The van der Waals surface area contributed by atoms with Gasteiger partial charge in [-0.15, -0.1) is 0 Å². The van der Waals surface area contributed by atoms with Crippen LogP contribution in [0.2, 0.25) is 0 Å². The van der Waals surface area contributed by atoms with Gasteiger partial charge in [-0.25, -0.2) is 0 Å². The highest BCUT2D eigenvalue weighted by atomic mass is 19.4. The second kappa shape index (κ2) is 2.12. The zero-order valence-electron chi connectivity index (χ0n) is 5.20. The fourth-order valence-corrected chi connectivity index (χ4v) is 0.140. The van der Waals surface area contributed by atoms with Crippen molar-refractivity contribution < 1.29 is 18.0 Å². The normalized spacial score (nSPS) is 18.1. The molecular weight excluding hydrogens is 149 g/mol. The minimum Gasteiger partial charge on any atom is -0.368 e. The average molecular weight is 156 g/mol. The molecule has 0 fully saturated rings. The summed E-state index contributed by atoms with van der Waals surface area (Å²) in [6.45, 7) is 0.523. The lowest BCUT2D eigenvalue weighted by Crippen LogP contribution is -2.59. The molecule has 60 valence electrons. The van der Waals surface area contributed by atoms with Crippen LogP contribution in [-0.2, 0) is 4.79 Å². The number of amides is 1. The molecule has 0 aliphatic heterocycles. The zero-order valence-corrected chi connectivity index (χ0v) is 5.20. The van der Waals surface area contributed by atoms with Gasteiger partial charge in [-0.2, -0.15) is 13.2 Å². The number of rotatable bonds is 1. The zero-order chi connectivity index (χ0) is 8.58. The molecule has 0 rings (SSSR count). The number of hydrogen-bond donors (Lipinski definition) is 2. The Balaban J connectivity index is 4.57. The van der Waals surface area contributed by atoms with Crippen LogP contribution >= 0.6 is 0 Å². The van der Waals surface area contributed by atoms with E-state index in [-0.39, 0.29) is 0 Å². The summed E-state index contributed by atoms with van der Waals surface area (Å²) in [5.41, 5.74) is 5.99. The van der Waals surface area contributed by atoms with E-state index in [1.807, 2.05) is 0 Å². The molecule has 0 radical (unpaired) electrons. The standard InChI is InChI=1S/C4H7F3N2O/c1-3(9,2(8)10)4(5,6)7/h9H2,1H3,(H2,8,10). The van der Waals surface area contributed by atoms with E-state index in [1.165, 1.54) is 0 Å². The van der Waals surface area contributed by atoms with Gasteiger partial charge in [0.05, 0.1) is 0 Å². The van der Waals surface area contributed by atoms with Gasteiger partial charge in [0.15, 0.2) is 5.54 Å². The molecule has 0 aliphatic carbocycles. The number of halogens is 3. The number of alkyl halides is 3. The smallest absolute Gasteiger partial charge is 0.368 e. The van der Waals surface area contributed by atoms with E-state index >= 15 is 0 Å². The summed E-state index contributed by atoms with van der Waals surface area (Å²) >= 11 is 0. The van der Waals surface area contributed by atoms with Crippen LogP contribution in [0.15, 0.2) is 0 Å². The minimum absolute atomic E-state index is 0.523. The van der Waals surface area contributed by atoms with E-state index in [4.69, 9.17) is 0 Å². The van der Waals surface area contributed by atoms with Crippen molar-refractivity contribution in [2.24, 2.45) is 11.5 Å². The Morgan fingerprint density at radius 3 is 1.70 bits per heavy atom. The molecule has 0 saturated heterocycles. The van der Waals surface area contributed by atoms with Gasteiger partial charge in [0.1, 0.15) is 0 Å². The molecule has 0 heterocycles. The molecular formula is C4H7F3N2O. The van der Waals surface area contributed by atoms with Gasteiger partial charge in [0.25, 0.3) is 0 Å². The van der Waals surface area contributed by atoms with Crippen LogP contribution in [0.5, 0.6) is 0 Å². The summed E-state index contributed by atoms with van der Waals surface area (Å²) in [7, 11) is 0. The number of primary amides is 1. The molecule has 1 atom stereocenters. The number of hydrogen-bond acceptors (Lipinski definition) is 2. The van der Waals surface area contributed by atoms with E-state index in [0.717, 1.165) is 0 Å². The first kappa shape index (κ1) is 9.22. The van der Waals surface area contributed by atoms with Gasteiger partial charge >= 0.3 is 6.18 Å². The van der Waals surface area contributed by atoms with E-state index in [1.54, 1.807) is 0 Å². The summed E-state index contributed by atoms with van der Waals surface area (Å²) in [4.78, 5) is 10.0. The highest BCUT2D eigenvalue weighted by Gasteiger charge is 2.52. The van der Waals surface area contributed by atoms with Gasteiger partial charge in [0, 0.05) is 0 Å². The molecule has 0 saturated carbocycles. The number of nitrogens with two attached hydrogens (primary N) is 2. The van der Waals surface area contributed by atoms with Crippen LogP contribution in [0.1, 0.15) is 6.92 Å². The maximum Gasteiger partial charge on any atom is 0.415 e. The van der Waals surface area contributed by atoms with Crippen LogP contribution in [0.25, 0.3) is 0 Å². The van der Waals surface area contributed by atoms with E-state index in [9.17, 15) is 18.0 Å². The van der Waals surface area contributed by atoms with Crippen molar-refractivity contribution in [3.8, 4) is 0 Å². The van der Waals surface area contributed by atoms with Crippen LogP contribution in [0.4, 0.5) is 13.2 Å². The van der Waals surface area contributed by atoms with Gasteiger partial charge in [-0.3, -0.25) is 4.79 Å². The molecule has 0 aromatic heterocycles. The third kappa shape index (κ3) is 1.38. The minimum atomic E-state index is -4.78. The lowest BCUT2D eigenvalue weighted by Gasteiger charge is -2.23. The SMILES string of the molecule is CC(N)(C(N)=O)C(F)(F)F. The molecule has 1 unspecified atom stereocenters. The predicted octanol–water partition coefficient (Wildman–Crippen LogP) is -0.249. The molecule has 1 amide bonds.